The molecule has 31 heavy (non-hydrogen) atoms. The number of sulfonamides is 1. The van der Waals surface area contributed by atoms with Crippen LogP contribution >= 0.6 is 22.6 Å². The summed E-state index contributed by atoms with van der Waals surface area (Å²) in [6, 6.07) is 11.4. The van der Waals surface area contributed by atoms with Crippen molar-refractivity contribution < 1.29 is 22.4 Å². The molecule has 0 spiro atoms. The summed E-state index contributed by atoms with van der Waals surface area (Å²) < 4.78 is 40.0. The molecule has 0 aliphatic heterocycles. The van der Waals surface area contributed by atoms with Gasteiger partial charge in [-0.25, -0.2) is 12.8 Å². The van der Waals surface area contributed by atoms with Crippen molar-refractivity contribution in [1.29, 1.82) is 0 Å². The highest BCUT2D eigenvalue weighted by atomic mass is 127. The van der Waals surface area contributed by atoms with Gasteiger partial charge in [0, 0.05) is 16.7 Å². The molecular formula is C21H25FIN3O4S. The lowest BCUT2D eigenvalue weighted by atomic mass is 10.1. The number of nitrogens with zero attached hydrogens (tertiary/aromatic N) is 2. The van der Waals surface area contributed by atoms with E-state index in [0.717, 1.165) is 14.1 Å². The van der Waals surface area contributed by atoms with Crippen LogP contribution in [0.1, 0.15) is 19.4 Å². The smallest absolute Gasteiger partial charge is 0.244 e. The molecule has 10 heteroatoms. The molecule has 2 aromatic rings. The number of hydrogen-bond acceptors (Lipinski definition) is 4. The van der Waals surface area contributed by atoms with Gasteiger partial charge in [-0.1, -0.05) is 12.1 Å². The van der Waals surface area contributed by atoms with Gasteiger partial charge in [0.15, 0.2) is 0 Å². The molecule has 0 radical (unpaired) electrons. The fourth-order valence-electron chi connectivity index (χ4n) is 2.91. The molecular weight excluding hydrogens is 536 g/mol. The Morgan fingerprint density at radius 3 is 2.19 bits per heavy atom. The van der Waals surface area contributed by atoms with Gasteiger partial charge in [0.2, 0.25) is 21.8 Å². The summed E-state index contributed by atoms with van der Waals surface area (Å²) >= 11 is 2.10. The largest absolute Gasteiger partial charge is 0.355 e. The van der Waals surface area contributed by atoms with Crippen LogP contribution < -0.4 is 9.62 Å². The van der Waals surface area contributed by atoms with Gasteiger partial charge in [0.1, 0.15) is 18.4 Å². The Morgan fingerprint density at radius 2 is 1.68 bits per heavy atom. The molecule has 168 valence electrons. The molecule has 7 nitrogen and oxygen atoms in total. The molecule has 1 N–H and O–H groups in total. The van der Waals surface area contributed by atoms with Crippen LogP contribution in [-0.4, -0.2) is 50.5 Å². The Hall–Kier alpha value is -2.21. The lowest BCUT2D eigenvalue weighted by Crippen LogP contribution is -2.51. The lowest BCUT2D eigenvalue weighted by molar-refractivity contribution is -0.139. The van der Waals surface area contributed by atoms with E-state index >= 15 is 0 Å². The van der Waals surface area contributed by atoms with Crippen LogP contribution in [0.25, 0.3) is 0 Å². The topological polar surface area (TPSA) is 86.8 Å². The van der Waals surface area contributed by atoms with Crippen LogP contribution in [0.3, 0.4) is 0 Å². The number of halogens is 2. The van der Waals surface area contributed by atoms with E-state index in [4.69, 9.17) is 0 Å². The Kier molecular flexibility index (Phi) is 8.80. The molecule has 0 saturated heterocycles. The quantitative estimate of drug-likeness (QED) is 0.478. The van der Waals surface area contributed by atoms with Crippen molar-refractivity contribution >= 4 is 50.1 Å². The first-order valence-corrected chi connectivity index (χ1v) is 12.5. The summed E-state index contributed by atoms with van der Waals surface area (Å²) in [5.41, 5.74) is 0.967. The molecule has 0 unspecified atom stereocenters. The number of carbonyl (C=O) groups excluding carboxylic acids is 2. The van der Waals surface area contributed by atoms with Crippen molar-refractivity contribution in [3.05, 3.63) is 63.5 Å². The summed E-state index contributed by atoms with van der Waals surface area (Å²) in [6.45, 7) is 3.28. The fraction of sp³-hybridized carbons (Fsp3) is 0.333. The molecule has 2 rings (SSSR count). The number of carbonyl (C=O) groups is 2. The van der Waals surface area contributed by atoms with Gasteiger partial charge >= 0.3 is 0 Å². The van der Waals surface area contributed by atoms with E-state index in [2.05, 4.69) is 27.9 Å². The maximum atomic E-state index is 13.3. The van der Waals surface area contributed by atoms with E-state index in [-0.39, 0.29) is 12.5 Å². The van der Waals surface area contributed by atoms with Gasteiger partial charge in [-0.3, -0.25) is 13.9 Å². The average Bonchev–Trinajstić information content (AvgIpc) is 2.71. The van der Waals surface area contributed by atoms with Gasteiger partial charge in [-0.15, -0.1) is 0 Å². The first-order chi connectivity index (χ1) is 14.5. The molecule has 2 aromatic carbocycles. The zero-order chi connectivity index (χ0) is 23.2. The summed E-state index contributed by atoms with van der Waals surface area (Å²) in [6.07, 6.45) is 1.02. The molecule has 0 aliphatic rings. The van der Waals surface area contributed by atoms with Gasteiger partial charge in [-0.2, -0.15) is 0 Å². The Balaban J connectivity index is 2.35. The van der Waals surface area contributed by atoms with E-state index in [9.17, 15) is 22.4 Å². The van der Waals surface area contributed by atoms with Crippen LogP contribution in [0.5, 0.6) is 0 Å². The van der Waals surface area contributed by atoms with Crippen molar-refractivity contribution in [2.24, 2.45) is 0 Å². The molecule has 0 aliphatic carbocycles. The number of anilines is 1. The van der Waals surface area contributed by atoms with E-state index in [1.54, 1.807) is 38.1 Å². The van der Waals surface area contributed by atoms with E-state index in [1.807, 2.05) is 0 Å². The Morgan fingerprint density at radius 1 is 1.10 bits per heavy atom. The normalized spacial score (nSPS) is 12.2. The molecule has 0 fully saturated rings. The van der Waals surface area contributed by atoms with Gasteiger partial charge in [-0.05, 0) is 78.4 Å². The number of likely N-dealkylation sites (N-methyl/N-ethyl adjacent to an activating group) is 1. The minimum absolute atomic E-state index is 0.0295. The highest BCUT2D eigenvalue weighted by Crippen LogP contribution is 2.20. The second-order valence-corrected chi connectivity index (χ2v) is 10.1. The molecule has 0 aromatic heterocycles. The summed E-state index contributed by atoms with van der Waals surface area (Å²) in [4.78, 5) is 26.9. The maximum absolute atomic E-state index is 13.3. The standard InChI is InChI=1S/C21H25FIN3O4S/c1-4-24-21(28)15(2)25(13-16-5-7-17(22)8-6-16)20(27)14-26(31(3,29)30)19-11-9-18(23)10-12-19/h5-12,15H,4,13-14H2,1-3H3,(H,24,28)/t15-/m1/s1. The second kappa shape index (κ2) is 10.9. The number of hydrogen-bond donors (Lipinski definition) is 1. The predicted octanol–water partition coefficient (Wildman–Crippen LogP) is 2.75. The SMILES string of the molecule is CCNC(=O)[C@@H](C)N(Cc1ccc(F)cc1)C(=O)CN(c1ccc(I)cc1)S(C)(=O)=O. The molecule has 0 saturated carbocycles. The van der Waals surface area contributed by atoms with Crippen LogP contribution in [0, 0.1) is 9.39 Å². The van der Waals surface area contributed by atoms with Crippen LogP contribution in [-0.2, 0) is 26.2 Å². The van der Waals surface area contributed by atoms with Crippen molar-refractivity contribution in [1.82, 2.24) is 10.2 Å². The van der Waals surface area contributed by atoms with E-state index < -0.39 is 34.3 Å². The summed E-state index contributed by atoms with van der Waals surface area (Å²) in [7, 11) is -3.76. The number of nitrogens with one attached hydrogen (secondary N) is 1. The number of amides is 2. The maximum Gasteiger partial charge on any atom is 0.244 e. The van der Waals surface area contributed by atoms with Crippen LogP contribution in [0.4, 0.5) is 10.1 Å². The average molecular weight is 561 g/mol. The second-order valence-electron chi connectivity index (χ2n) is 6.96. The van der Waals surface area contributed by atoms with E-state index in [1.165, 1.54) is 29.2 Å². The Bertz CT molecular complexity index is 1010. The summed E-state index contributed by atoms with van der Waals surface area (Å²) in [5, 5.41) is 2.67. The minimum atomic E-state index is -3.76. The highest BCUT2D eigenvalue weighted by molar-refractivity contribution is 14.1. The number of benzene rings is 2. The first kappa shape index (κ1) is 25.1. The lowest BCUT2D eigenvalue weighted by Gasteiger charge is -2.31. The third kappa shape index (κ3) is 7.17. The fourth-order valence-corrected chi connectivity index (χ4v) is 4.12. The van der Waals surface area contributed by atoms with E-state index in [0.29, 0.717) is 17.8 Å². The van der Waals surface area contributed by atoms with Gasteiger partial charge in [0.25, 0.3) is 0 Å². The van der Waals surface area contributed by atoms with Gasteiger partial charge < -0.3 is 10.2 Å². The molecule has 2 amide bonds. The van der Waals surface area contributed by atoms with Crippen LogP contribution in [0.2, 0.25) is 0 Å². The molecule has 1 atom stereocenters. The molecule has 0 heterocycles. The third-order valence-corrected chi connectivity index (χ3v) is 6.44. The predicted molar refractivity (Wildman–Crippen MR) is 126 cm³/mol. The third-order valence-electron chi connectivity index (χ3n) is 4.58. The zero-order valence-corrected chi connectivity index (χ0v) is 20.5. The Labute approximate surface area is 195 Å². The van der Waals surface area contributed by atoms with Crippen molar-refractivity contribution in [3.63, 3.8) is 0 Å². The van der Waals surface area contributed by atoms with Crippen LogP contribution in [0.15, 0.2) is 48.5 Å². The van der Waals surface area contributed by atoms with Crippen molar-refractivity contribution in [3.8, 4) is 0 Å². The first-order valence-electron chi connectivity index (χ1n) is 9.57. The zero-order valence-electron chi connectivity index (χ0n) is 17.5. The summed E-state index contributed by atoms with van der Waals surface area (Å²) in [5.74, 6) is -1.33. The number of rotatable bonds is 9. The van der Waals surface area contributed by atoms with Crippen molar-refractivity contribution in [2.45, 2.75) is 26.4 Å². The minimum Gasteiger partial charge on any atom is -0.355 e. The van der Waals surface area contributed by atoms with Crippen molar-refractivity contribution in [2.75, 3.05) is 23.7 Å². The monoisotopic (exact) mass is 561 g/mol. The molecule has 0 bridgehead atoms. The van der Waals surface area contributed by atoms with Gasteiger partial charge in [0.05, 0.1) is 11.9 Å². The highest BCUT2D eigenvalue weighted by Gasteiger charge is 2.29.